The molecule has 16 rings (SSSR count). The van der Waals surface area contributed by atoms with Crippen molar-refractivity contribution in [3.05, 3.63) is 315 Å². The Balaban J connectivity index is 0.808. The second kappa shape index (κ2) is 21.3. The molecule has 0 bridgehead atoms. The van der Waals surface area contributed by atoms with E-state index in [2.05, 4.69) is 324 Å². The van der Waals surface area contributed by atoms with Crippen LogP contribution >= 0.6 is 0 Å². The van der Waals surface area contributed by atoms with Gasteiger partial charge in [-0.25, -0.2) is 19.9 Å². The molecule has 0 unspecified atom stereocenters. The van der Waals surface area contributed by atoms with E-state index in [1.165, 1.54) is 22.3 Å². The van der Waals surface area contributed by atoms with E-state index in [0.29, 0.717) is 0 Å². The number of nitrogens with zero attached hydrogens (tertiary/aromatic N) is 6. The van der Waals surface area contributed by atoms with Gasteiger partial charge in [0.25, 0.3) is 0 Å². The molecule has 402 valence electrons. The van der Waals surface area contributed by atoms with E-state index in [1.807, 2.05) is 0 Å². The lowest BCUT2D eigenvalue weighted by Crippen LogP contribution is -2.00. The van der Waals surface area contributed by atoms with E-state index in [0.717, 1.165) is 134 Å². The maximum Gasteiger partial charge on any atom is 0.149 e. The number of hydrogen-bond acceptors (Lipinski definition) is 4. The Kier molecular flexibility index (Phi) is 12.4. The Morgan fingerprint density at radius 2 is 0.395 bits per heavy atom. The monoisotopic (exact) mass is 1100 g/mol. The fourth-order valence-corrected chi connectivity index (χ4v) is 12.2. The molecular formula is C80H52N6. The second-order valence-corrected chi connectivity index (χ2v) is 21.8. The van der Waals surface area contributed by atoms with Crippen molar-refractivity contribution in [2.24, 2.45) is 0 Å². The Bertz CT molecular complexity index is 4790. The van der Waals surface area contributed by atoms with Crippen LogP contribution in [0, 0.1) is 0 Å². The smallest absolute Gasteiger partial charge is 0.149 e. The zero-order valence-corrected chi connectivity index (χ0v) is 46.7. The molecule has 0 amide bonds. The molecule has 0 aliphatic heterocycles. The van der Waals surface area contributed by atoms with Gasteiger partial charge in [-0.1, -0.05) is 291 Å². The summed E-state index contributed by atoms with van der Waals surface area (Å²) < 4.78 is 4.54. The Morgan fingerprint density at radius 3 is 0.686 bits per heavy atom. The van der Waals surface area contributed by atoms with Gasteiger partial charge < -0.3 is 0 Å². The predicted molar refractivity (Wildman–Crippen MR) is 354 cm³/mol. The van der Waals surface area contributed by atoms with Crippen LogP contribution in [0.4, 0.5) is 0 Å². The number of para-hydroxylation sites is 2. The summed E-state index contributed by atoms with van der Waals surface area (Å²) in [5.74, 6) is 1.62. The lowest BCUT2D eigenvalue weighted by Gasteiger charge is -2.14. The first-order valence-corrected chi connectivity index (χ1v) is 29.1. The first-order chi connectivity index (χ1) is 42.6. The van der Waals surface area contributed by atoms with Crippen molar-refractivity contribution in [1.82, 2.24) is 28.7 Å². The molecule has 0 radical (unpaired) electrons. The molecule has 0 aliphatic rings. The molecule has 4 heterocycles. The number of benzene rings is 12. The summed E-state index contributed by atoms with van der Waals surface area (Å²) in [5.41, 5.74) is 24.8. The van der Waals surface area contributed by atoms with E-state index in [9.17, 15) is 0 Å². The molecular weight excluding hydrogens is 1040 g/mol. The van der Waals surface area contributed by atoms with E-state index in [1.54, 1.807) is 0 Å². The maximum absolute atomic E-state index is 5.57. The van der Waals surface area contributed by atoms with Crippen molar-refractivity contribution in [3.8, 4) is 123 Å². The normalized spacial score (nSPS) is 11.5. The fraction of sp³-hybridized carbons (Fsp3) is 0. The standard InChI is InChI=1S/C80H52N6/c1-5-17-53(18-6-1)57-29-41-63(42-30-57)73-75(65-45-33-59(34-46-65)55-21-9-3-10-22-55)85-77(81-71-27-15-13-25-69(71)79(85)83-73)67-49-37-61(38-50-67)62-39-51-68(52-40-62)78-82-72-28-16-14-26-70(72)80-84-74(64-43-31-58(32-44-64)54-19-7-2-8-20-54)76(86(78)80)66-47-35-60(36-48-66)56-23-11-4-12-24-56/h1-52H. The summed E-state index contributed by atoms with van der Waals surface area (Å²) in [6, 6.07) is 112. The number of imidazole rings is 2. The number of rotatable bonds is 11. The van der Waals surface area contributed by atoms with Gasteiger partial charge in [-0.2, -0.15) is 0 Å². The third-order valence-corrected chi connectivity index (χ3v) is 16.6. The molecule has 0 saturated carbocycles. The van der Waals surface area contributed by atoms with Crippen LogP contribution in [0.15, 0.2) is 315 Å². The molecule has 0 aliphatic carbocycles. The molecule has 86 heavy (non-hydrogen) atoms. The van der Waals surface area contributed by atoms with Crippen molar-refractivity contribution >= 4 is 33.1 Å². The molecule has 0 atom stereocenters. The number of aromatic nitrogens is 6. The zero-order chi connectivity index (χ0) is 56.9. The van der Waals surface area contributed by atoms with Crippen LogP contribution in [0.25, 0.3) is 157 Å². The van der Waals surface area contributed by atoms with Crippen molar-refractivity contribution in [2.75, 3.05) is 0 Å². The highest BCUT2D eigenvalue weighted by molar-refractivity contribution is 6.00. The van der Waals surface area contributed by atoms with Gasteiger partial charge in [0.15, 0.2) is 0 Å². The van der Waals surface area contributed by atoms with E-state index >= 15 is 0 Å². The van der Waals surface area contributed by atoms with Gasteiger partial charge in [0, 0.05) is 44.2 Å². The van der Waals surface area contributed by atoms with Gasteiger partial charge in [0.05, 0.1) is 33.8 Å². The molecule has 0 fully saturated rings. The summed E-state index contributed by atoms with van der Waals surface area (Å²) in [5, 5.41) is 1.97. The first kappa shape index (κ1) is 50.2. The van der Waals surface area contributed by atoms with Crippen LogP contribution in [0.1, 0.15) is 0 Å². The Morgan fingerprint density at radius 1 is 0.174 bits per heavy atom. The molecule has 12 aromatic carbocycles. The highest BCUT2D eigenvalue weighted by Gasteiger charge is 2.25. The van der Waals surface area contributed by atoms with Crippen molar-refractivity contribution in [2.45, 2.75) is 0 Å². The average Bonchev–Trinajstić information content (AvgIpc) is 1.97. The highest BCUT2D eigenvalue weighted by Crippen LogP contribution is 2.42. The van der Waals surface area contributed by atoms with E-state index < -0.39 is 0 Å². The molecule has 6 nitrogen and oxygen atoms in total. The summed E-state index contributed by atoms with van der Waals surface area (Å²) in [4.78, 5) is 22.1. The van der Waals surface area contributed by atoms with Crippen molar-refractivity contribution < 1.29 is 0 Å². The van der Waals surface area contributed by atoms with Crippen LogP contribution in [-0.2, 0) is 0 Å². The Labute approximate surface area is 498 Å². The van der Waals surface area contributed by atoms with Gasteiger partial charge in [0.1, 0.15) is 22.9 Å². The fourth-order valence-electron chi connectivity index (χ4n) is 12.2. The molecule has 4 aromatic heterocycles. The van der Waals surface area contributed by atoms with Crippen LogP contribution in [-0.4, -0.2) is 28.7 Å². The van der Waals surface area contributed by atoms with Gasteiger partial charge >= 0.3 is 0 Å². The lowest BCUT2D eigenvalue weighted by molar-refractivity contribution is 1.13. The topological polar surface area (TPSA) is 60.4 Å². The Hall–Kier alpha value is -11.6. The third-order valence-electron chi connectivity index (χ3n) is 16.6. The minimum Gasteiger partial charge on any atom is -0.275 e. The van der Waals surface area contributed by atoms with Crippen LogP contribution in [0.2, 0.25) is 0 Å². The van der Waals surface area contributed by atoms with Crippen LogP contribution < -0.4 is 0 Å². The third kappa shape index (κ3) is 9.01. The van der Waals surface area contributed by atoms with E-state index in [-0.39, 0.29) is 0 Å². The first-order valence-electron chi connectivity index (χ1n) is 29.1. The maximum atomic E-state index is 5.57. The molecule has 6 heteroatoms. The summed E-state index contributed by atoms with van der Waals surface area (Å²) in [7, 11) is 0. The molecule has 0 spiro atoms. The summed E-state index contributed by atoms with van der Waals surface area (Å²) in [6.07, 6.45) is 0. The summed E-state index contributed by atoms with van der Waals surface area (Å²) >= 11 is 0. The second-order valence-electron chi connectivity index (χ2n) is 21.8. The molecule has 0 saturated heterocycles. The van der Waals surface area contributed by atoms with Crippen LogP contribution in [0.3, 0.4) is 0 Å². The lowest BCUT2D eigenvalue weighted by atomic mass is 9.98. The number of fused-ring (bicyclic) bond motifs is 6. The van der Waals surface area contributed by atoms with Gasteiger partial charge in [-0.15, -0.1) is 0 Å². The predicted octanol–water partition coefficient (Wildman–Crippen LogP) is 20.4. The largest absolute Gasteiger partial charge is 0.275 e. The average molecular weight is 1100 g/mol. The SMILES string of the molecule is c1ccc(-c2ccc(-c3nc4c5ccccc5nc(-c5ccc(-c6ccc(-c7nc8ccccc8c8nc(-c9ccc(-c%10ccccc%10)cc9)c(-c9ccc(-c%10ccccc%10)cc9)n78)cc6)cc5)n4c3-c3ccc(-c4ccccc4)cc3)cc2)cc1. The van der Waals surface area contributed by atoms with Crippen LogP contribution in [0.5, 0.6) is 0 Å². The highest BCUT2D eigenvalue weighted by atomic mass is 15.1. The van der Waals surface area contributed by atoms with Crippen molar-refractivity contribution in [1.29, 1.82) is 0 Å². The molecule has 16 aromatic rings. The van der Waals surface area contributed by atoms with Gasteiger partial charge in [-0.3, -0.25) is 8.80 Å². The van der Waals surface area contributed by atoms with Crippen molar-refractivity contribution in [3.63, 3.8) is 0 Å². The van der Waals surface area contributed by atoms with E-state index in [4.69, 9.17) is 19.9 Å². The van der Waals surface area contributed by atoms with Gasteiger partial charge in [-0.05, 0) is 79.9 Å². The summed E-state index contributed by atoms with van der Waals surface area (Å²) in [6.45, 7) is 0. The quantitative estimate of drug-likeness (QED) is 0.129. The minimum atomic E-state index is 0.811. The zero-order valence-electron chi connectivity index (χ0n) is 46.7. The minimum absolute atomic E-state index is 0.811. The number of hydrogen-bond donors (Lipinski definition) is 0. The van der Waals surface area contributed by atoms with Gasteiger partial charge in [0.2, 0.25) is 0 Å². The molecule has 0 N–H and O–H groups in total.